The molecule has 0 heterocycles. The second-order valence-electron chi connectivity index (χ2n) is 5.01. The van der Waals surface area contributed by atoms with E-state index in [0.717, 1.165) is 12.0 Å². The lowest BCUT2D eigenvalue weighted by atomic mass is 10.0. The SMILES string of the molecule is CCCOCCOC(=O)OOOC(=O)c1ccc(C(C)C)cc1. The first-order chi connectivity index (χ1) is 11.0. The molecule has 0 atom stereocenters. The number of hydrogen-bond donors (Lipinski definition) is 0. The Morgan fingerprint density at radius 3 is 2.30 bits per heavy atom. The first-order valence-electron chi connectivity index (χ1n) is 7.44. The lowest BCUT2D eigenvalue weighted by Gasteiger charge is -2.06. The van der Waals surface area contributed by atoms with E-state index >= 15 is 0 Å². The summed E-state index contributed by atoms with van der Waals surface area (Å²) in [5.41, 5.74) is 1.37. The van der Waals surface area contributed by atoms with Crippen molar-refractivity contribution in [2.75, 3.05) is 19.8 Å². The van der Waals surface area contributed by atoms with Gasteiger partial charge in [-0.15, -0.1) is 0 Å². The maximum Gasteiger partial charge on any atom is 0.543 e. The number of ether oxygens (including phenoxy) is 2. The molecule has 0 unspecified atom stereocenters. The predicted octanol–water partition coefficient (Wildman–Crippen LogP) is 3.39. The Morgan fingerprint density at radius 2 is 1.70 bits per heavy atom. The van der Waals surface area contributed by atoms with Gasteiger partial charge in [-0.05, 0) is 30.0 Å². The second-order valence-corrected chi connectivity index (χ2v) is 5.01. The topological polar surface area (TPSA) is 80.3 Å². The Morgan fingerprint density at radius 1 is 1.00 bits per heavy atom. The molecule has 1 rings (SSSR count). The third kappa shape index (κ3) is 7.62. The molecule has 0 fully saturated rings. The molecule has 0 spiro atoms. The van der Waals surface area contributed by atoms with E-state index in [1.54, 1.807) is 12.1 Å². The highest BCUT2D eigenvalue weighted by Crippen LogP contribution is 2.15. The minimum absolute atomic E-state index is 0.0206. The molecule has 0 amide bonds. The fraction of sp³-hybridized carbons (Fsp3) is 0.500. The van der Waals surface area contributed by atoms with Crippen molar-refractivity contribution >= 4 is 12.1 Å². The zero-order valence-electron chi connectivity index (χ0n) is 13.6. The fourth-order valence-corrected chi connectivity index (χ4v) is 1.58. The van der Waals surface area contributed by atoms with Gasteiger partial charge in [0.05, 0.1) is 17.2 Å². The molecule has 128 valence electrons. The second kappa shape index (κ2) is 10.6. The van der Waals surface area contributed by atoms with Gasteiger partial charge in [0.25, 0.3) is 0 Å². The molecule has 7 heteroatoms. The highest BCUT2D eigenvalue weighted by Gasteiger charge is 2.12. The smallest absolute Gasteiger partial charge is 0.430 e. The Labute approximate surface area is 135 Å². The quantitative estimate of drug-likeness (QED) is 0.298. The van der Waals surface area contributed by atoms with Crippen molar-refractivity contribution in [1.82, 2.24) is 0 Å². The van der Waals surface area contributed by atoms with Crippen LogP contribution in [-0.2, 0) is 24.3 Å². The van der Waals surface area contributed by atoms with E-state index in [4.69, 9.17) is 4.74 Å². The van der Waals surface area contributed by atoms with Gasteiger partial charge in [0.1, 0.15) is 6.61 Å². The summed E-state index contributed by atoms with van der Waals surface area (Å²) in [6.45, 7) is 6.92. The van der Waals surface area contributed by atoms with Crippen LogP contribution in [0.5, 0.6) is 0 Å². The summed E-state index contributed by atoms with van der Waals surface area (Å²) in [6.07, 6.45) is -0.241. The molecule has 7 nitrogen and oxygen atoms in total. The van der Waals surface area contributed by atoms with E-state index in [1.807, 2.05) is 32.9 Å². The third-order valence-electron chi connectivity index (χ3n) is 2.82. The molecule has 0 aromatic heterocycles. The van der Waals surface area contributed by atoms with Crippen LogP contribution in [0.1, 0.15) is 49.0 Å². The Bertz CT molecular complexity index is 482. The summed E-state index contributed by atoms with van der Waals surface area (Å²) >= 11 is 0. The zero-order chi connectivity index (χ0) is 17.1. The number of rotatable bonds is 9. The molecule has 0 radical (unpaired) electrons. The fourth-order valence-electron chi connectivity index (χ4n) is 1.58. The van der Waals surface area contributed by atoms with E-state index in [0.29, 0.717) is 12.5 Å². The highest BCUT2D eigenvalue weighted by atomic mass is 17.5. The molecule has 1 aromatic rings. The van der Waals surface area contributed by atoms with Gasteiger partial charge in [-0.25, -0.2) is 14.5 Å². The molecular formula is C16H22O7. The Hall–Kier alpha value is -2.12. The number of hydrogen-bond acceptors (Lipinski definition) is 7. The van der Waals surface area contributed by atoms with Crippen LogP contribution < -0.4 is 0 Å². The summed E-state index contributed by atoms with van der Waals surface area (Å²) in [5, 5.41) is 4.10. The van der Waals surface area contributed by atoms with Gasteiger partial charge in [-0.1, -0.05) is 32.9 Å². The average molecular weight is 326 g/mol. The minimum atomic E-state index is -1.12. The van der Waals surface area contributed by atoms with Crippen LogP contribution in [0.4, 0.5) is 4.79 Å². The van der Waals surface area contributed by atoms with Gasteiger partial charge in [-0.2, -0.15) is 0 Å². The summed E-state index contributed by atoms with van der Waals surface area (Å²) in [5.74, 6) is -0.421. The van der Waals surface area contributed by atoms with Gasteiger partial charge in [-0.3, -0.25) is 4.89 Å². The van der Waals surface area contributed by atoms with Crippen LogP contribution in [0.3, 0.4) is 0 Å². The largest absolute Gasteiger partial charge is 0.543 e. The maximum absolute atomic E-state index is 11.6. The maximum atomic E-state index is 11.6. The summed E-state index contributed by atoms with van der Waals surface area (Å²) in [7, 11) is 0. The van der Waals surface area contributed by atoms with Gasteiger partial charge in [0.2, 0.25) is 0 Å². The van der Waals surface area contributed by atoms with E-state index in [9.17, 15) is 9.59 Å². The normalized spacial score (nSPS) is 10.4. The molecule has 0 N–H and O–H groups in total. The molecular weight excluding hydrogens is 304 g/mol. The van der Waals surface area contributed by atoms with E-state index in [-0.39, 0.29) is 18.8 Å². The van der Waals surface area contributed by atoms with Crippen molar-refractivity contribution in [2.24, 2.45) is 0 Å². The van der Waals surface area contributed by atoms with Gasteiger partial charge < -0.3 is 9.47 Å². The van der Waals surface area contributed by atoms with Crippen molar-refractivity contribution in [3.8, 4) is 0 Å². The lowest BCUT2D eigenvalue weighted by Crippen LogP contribution is -2.14. The third-order valence-corrected chi connectivity index (χ3v) is 2.82. The van der Waals surface area contributed by atoms with E-state index < -0.39 is 12.1 Å². The predicted molar refractivity (Wildman–Crippen MR) is 80.6 cm³/mol. The molecule has 0 saturated heterocycles. The molecule has 0 aliphatic carbocycles. The number of benzene rings is 1. The molecule has 0 bridgehead atoms. The van der Waals surface area contributed by atoms with Crippen molar-refractivity contribution < 1.29 is 33.9 Å². The van der Waals surface area contributed by atoms with Gasteiger partial charge in [0, 0.05) is 6.61 Å². The van der Waals surface area contributed by atoms with Gasteiger partial charge >= 0.3 is 12.1 Å². The molecule has 0 saturated carbocycles. The molecule has 23 heavy (non-hydrogen) atoms. The summed E-state index contributed by atoms with van der Waals surface area (Å²) in [4.78, 5) is 31.2. The van der Waals surface area contributed by atoms with Crippen molar-refractivity contribution in [3.05, 3.63) is 35.4 Å². The number of carbonyl (C=O) groups excluding carboxylic acids is 2. The zero-order valence-corrected chi connectivity index (χ0v) is 13.6. The standard InChI is InChI=1S/C16H22O7/c1-4-9-19-10-11-20-16(18)22-23-21-15(17)14-7-5-13(6-8-14)12(2)3/h5-8,12H,4,9-11H2,1-3H3. The monoisotopic (exact) mass is 326 g/mol. The van der Waals surface area contributed by atoms with Crippen molar-refractivity contribution in [1.29, 1.82) is 0 Å². The molecule has 0 aliphatic heterocycles. The van der Waals surface area contributed by atoms with Crippen molar-refractivity contribution in [2.45, 2.75) is 33.1 Å². The first kappa shape index (κ1) is 18.9. The minimum Gasteiger partial charge on any atom is -0.430 e. The van der Waals surface area contributed by atoms with E-state index in [2.05, 4.69) is 19.6 Å². The highest BCUT2D eigenvalue weighted by molar-refractivity contribution is 5.88. The average Bonchev–Trinajstić information content (AvgIpc) is 2.54. The van der Waals surface area contributed by atoms with Crippen LogP contribution in [0.2, 0.25) is 0 Å². The Kier molecular flexibility index (Phi) is 8.71. The first-order valence-corrected chi connectivity index (χ1v) is 7.44. The lowest BCUT2D eigenvalue weighted by molar-refractivity contribution is -0.452. The van der Waals surface area contributed by atoms with Crippen LogP contribution in [-0.4, -0.2) is 31.9 Å². The van der Waals surface area contributed by atoms with Crippen LogP contribution >= 0.6 is 0 Å². The molecule has 0 aliphatic rings. The summed E-state index contributed by atoms with van der Waals surface area (Å²) in [6, 6.07) is 6.83. The van der Waals surface area contributed by atoms with Crippen molar-refractivity contribution in [3.63, 3.8) is 0 Å². The molecule has 1 aromatic carbocycles. The Balaban J connectivity index is 2.21. The number of carbonyl (C=O) groups is 2. The summed E-state index contributed by atoms with van der Waals surface area (Å²) < 4.78 is 9.72. The van der Waals surface area contributed by atoms with Crippen LogP contribution in [0.15, 0.2) is 24.3 Å². The van der Waals surface area contributed by atoms with Gasteiger partial charge in [0.15, 0.2) is 0 Å². The van der Waals surface area contributed by atoms with Crippen LogP contribution in [0.25, 0.3) is 0 Å². The van der Waals surface area contributed by atoms with Crippen LogP contribution in [0, 0.1) is 0 Å². The van der Waals surface area contributed by atoms with E-state index in [1.165, 1.54) is 0 Å².